The Hall–Kier alpha value is -3.93. The Labute approximate surface area is 174 Å². The van der Waals surface area contributed by atoms with Gasteiger partial charge in [-0.2, -0.15) is 10.1 Å². The molecule has 1 fully saturated rings. The maximum Gasteiger partial charge on any atom is 0.241 e. The normalized spacial score (nSPS) is 17.4. The number of hydrogen-bond donors (Lipinski definition) is 1. The molecule has 1 N–H and O–H groups in total. The Morgan fingerprint density at radius 3 is 2.00 bits per heavy atom. The second-order valence-corrected chi connectivity index (χ2v) is 7.19. The van der Waals surface area contributed by atoms with Gasteiger partial charge in [0.25, 0.3) is 0 Å². The van der Waals surface area contributed by atoms with Crippen molar-refractivity contribution in [3.8, 4) is 5.75 Å². The van der Waals surface area contributed by atoms with Crippen LogP contribution in [-0.4, -0.2) is 28.2 Å². The Balaban J connectivity index is 1.78. The number of aromatic amines is 1. The number of methoxy groups -OCH3 is 1. The van der Waals surface area contributed by atoms with Crippen molar-refractivity contribution in [3.05, 3.63) is 108 Å². The van der Waals surface area contributed by atoms with Gasteiger partial charge in [0.1, 0.15) is 17.6 Å². The predicted molar refractivity (Wildman–Crippen MR) is 113 cm³/mol. The average molecular weight is 396 g/mol. The molecular weight excluding hydrogens is 376 g/mol. The first-order valence-corrected chi connectivity index (χ1v) is 9.71. The van der Waals surface area contributed by atoms with Crippen molar-refractivity contribution in [2.75, 3.05) is 12.0 Å². The molecule has 148 valence electrons. The molecule has 1 aliphatic heterocycles. The highest BCUT2D eigenvalue weighted by atomic mass is 16.5. The highest BCUT2D eigenvalue weighted by molar-refractivity contribution is 6.09. The topological polar surface area (TPSA) is 71.1 Å². The summed E-state index contributed by atoms with van der Waals surface area (Å²) in [4.78, 5) is 19.6. The monoisotopic (exact) mass is 396 g/mol. The summed E-state index contributed by atoms with van der Waals surface area (Å²) >= 11 is 0. The Morgan fingerprint density at radius 2 is 1.50 bits per heavy atom. The van der Waals surface area contributed by atoms with E-state index in [2.05, 4.69) is 39.4 Å². The lowest BCUT2D eigenvalue weighted by atomic mass is 9.62. The number of benzene rings is 3. The molecule has 0 bridgehead atoms. The Morgan fingerprint density at radius 1 is 0.900 bits per heavy atom. The molecule has 6 nitrogen and oxygen atoms in total. The molecule has 4 aromatic rings. The summed E-state index contributed by atoms with van der Waals surface area (Å²) in [5.74, 6) is 0.725. The number of carbonyl (C=O) groups excluding carboxylic acids is 1. The van der Waals surface area contributed by atoms with Crippen LogP contribution in [0.2, 0.25) is 0 Å². The van der Waals surface area contributed by atoms with Crippen LogP contribution >= 0.6 is 0 Å². The third-order valence-electron chi connectivity index (χ3n) is 5.73. The van der Waals surface area contributed by atoms with Gasteiger partial charge in [-0.3, -0.25) is 9.69 Å². The van der Waals surface area contributed by atoms with Gasteiger partial charge in [0.05, 0.1) is 13.0 Å². The minimum atomic E-state index is -0.756. The molecule has 5 rings (SSSR count). The number of carbonyl (C=O) groups is 1. The highest BCUT2D eigenvalue weighted by Gasteiger charge is 2.64. The summed E-state index contributed by atoms with van der Waals surface area (Å²) in [7, 11) is 1.63. The molecule has 6 heteroatoms. The average Bonchev–Trinajstić information content (AvgIpc) is 3.32. The van der Waals surface area contributed by atoms with Crippen LogP contribution in [0, 0.1) is 0 Å². The standard InChI is InChI=1S/C24H20N4O2/c1-30-20-14-12-17(13-15-20)21-22(29)28(23-25-16-26-27-23)24(21,18-8-4-2-5-9-18)19-10-6-3-7-11-19/h2-16,21H,1H3,(H,25,26,27). The largest absolute Gasteiger partial charge is 0.497 e. The van der Waals surface area contributed by atoms with Crippen LogP contribution in [-0.2, 0) is 10.3 Å². The van der Waals surface area contributed by atoms with Crippen LogP contribution in [0.1, 0.15) is 22.6 Å². The van der Waals surface area contributed by atoms with Crippen molar-refractivity contribution in [1.29, 1.82) is 0 Å². The number of H-pyrrole nitrogens is 1. The molecule has 1 saturated heterocycles. The van der Waals surface area contributed by atoms with Gasteiger partial charge in [0.15, 0.2) is 0 Å². The Bertz CT molecular complexity index is 1100. The first-order valence-electron chi connectivity index (χ1n) is 9.71. The molecule has 0 spiro atoms. The number of β-lactam (4-membered cyclic amide) rings is 1. The second-order valence-electron chi connectivity index (χ2n) is 7.19. The van der Waals surface area contributed by atoms with Crippen LogP contribution in [0.3, 0.4) is 0 Å². The molecule has 3 aromatic carbocycles. The third-order valence-corrected chi connectivity index (χ3v) is 5.73. The summed E-state index contributed by atoms with van der Waals surface area (Å²) < 4.78 is 5.31. The SMILES string of the molecule is COc1ccc(C2C(=O)N(c3ncn[nH]3)C2(c2ccccc2)c2ccccc2)cc1. The molecular formula is C24H20N4O2. The minimum absolute atomic E-state index is 0.0374. The maximum atomic E-state index is 13.6. The smallest absolute Gasteiger partial charge is 0.241 e. The van der Waals surface area contributed by atoms with Gasteiger partial charge >= 0.3 is 0 Å². The molecule has 1 atom stereocenters. The van der Waals surface area contributed by atoms with E-state index in [0.717, 1.165) is 22.4 Å². The fraction of sp³-hybridized carbons (Fsp3) is 0.125. The molecule has 30 heavy (non-hydrogen) atoms. The van der Waals surface area contributed by atoms with Crippen molar-refractivity contribution in [2.45, 2.75) is 11.5 Å². The van der Waals surface area contributed by atoms with Crippen molar-refractivity contribution in [2.24, 2.45) is 0 Å². The van der Waals surface area contributed by atoms with Gasteiger partial charge in [-0.05, 0) is 28.8 Å². The van der Waals surface area contributed by atoms with E-state index in [1.807, 2.05) is 60.7 Å². The highest BCUT2D eigenvalue weighted by Crippen LogP contribution is 2.56. The van der Waals surface area contributed by atoms with Crippen molar-refractivity contribution in [1.82, 2.24) is 15.2 Å². The number of aromatic nitrogens is 3. The molecule has 0 radical (unpaired) electrons. The number of nitrogens with zero attached hydrogens (tertiary/aromatic N) is 3. The molecule has 1 unspecified atom stereocenters. The van der Waals surface area contributed by atoms with Gasteiger partial charge in [-0.1, -0.05) is 72.8 Å². The van der Waals surface area contributed by atoms with Gasteiger partial charge in [0, 0.05) is 0 Å². The van der Waals surface area contributed by atoms with E-state index >= 15 is 0 Å². The number of amides is 1. The fourth-order valence-electron chi connectivity index (χ4n) is 4.45. The lowest BCUT2D eigenvalue weighted by Crippen LogP contribution is -2.68. The summed E-state index contributed by atoms with van der Waals surface area (Å²) in [6.45, 7) is 0. The molecule has 0 aliphatic carbocycles. The number of nitrogens with one attached hydrogen (secondary N) is 1. The zero-order valence-corrected chi connectivity index (χ0v) is 16.4. The zero-order valence-electron chi connectivity index (χ0n) is 16.4. The van der Waals surface area contributed by atoms with E-state index in [0.29, 0.717) is 5.95 Å². The first-order chi connectivity index (χ1) is 14.8. The fourth-order valence-corrected chi connectivity index (χ4v) is 4.45. The van der Waals surface area contributed by atoms with Gasteiger partial charge in [-0.25, -0.2) is 5.10 Å². The summed E-state index contributed by atoms with van der Waals surface area (Å²) in [5, 5.41) is 6.86. The number of ether oxygens (including phenoxy) is 1. The van der Waals surface area contributed by atoms with E-state index < -0.39 is 11.5 Å². The molecule has 1 amide bonds. The third kappa shape index (κ3) is 2.54. The quantitative estimate of drug-likeness (QED) is 0.520. The van der Waals surface area contributed by atoms with Gasteiger partial charge in [0.2, 0.25) is 11.9 Å². The van der Waals surface area contributed by atoms with Crippen LogP contribution in [0.4, 0.5) is 5.95 Å². The van der Waals surface area contributed by atoms with E-state index in [9.17, 15) is 4.79 Å². The lowest BCUT2D eigenvalue weighted by molar-refractivity contribution is -0.129. The zero-order chi connectivity index (χ0) is 20.6. The van der Waals surface area contributed by atoms with Crippen LogP contribution in [0.25, 0.3) is 0 Å². The molecule has 0 saturated carbocycles. The molecule has 1 aliphatic rings. The minimum Gasteiger partial charge on any atom is -0.497 e. The number of anilines is 1. The predicted octanol–water partition coefficient (Wildman–Crippen LogP) is 3.89. The van der Waals surface area contributed by atoms with Crippen molar-refractivity contribution < 1.29 is 9.53 Å². The van der Waals surface area contributed by atoms with E-state index in [-0.39, 0.29) is 5.91 Å². The lowest BCUT2D eigenvalue weighted by Gasteiger charge is -2.57. The van der Waals surface area contributed by atoms with Gasteiger partial charge < -0.3 is 4.74 Å². The van der Waals surface area contributed by atoms with Gasteiger partial charge in [-0.15, -0.1) is 0 Å². The van der Waals surface area contributed by atoms with Crippen LogP contribution < -0.4 is 9.64 Å². The number of rotatable bonds is 5. The van der Waals surface area contributed by atoms with E-state index in [1.54, 1.807) is 12.0 Å². The second kappa shape index (κ2) is 7.15. The van der Waals surface area contributed by atoms with Crippen LogP contribution in [0.5, 0.6) is 5.75 Å². The van der Waals surface area contributed by atoms with Crippen molar-refractivity contribution >= 4 is 11.9 Å². The summed E-state index contributed by atoms with van der Waals surface area (Å²) in [6.07, 6.45) is 1.42. The van der Waals surface area contributed by atoms with Crippen molar-refractivity contribution in [3.63, 3.8) is 0 Å². The molecule has 1 aromatic heterocycles. The summed E-state index contributed by atoms with van der Waals surface area (Å²) in [5.41, 5.74) is 2.18. The van der Waals surface area contributed by atoms with Crippen LogP contribution in [0.15, 0.2) is 91.3 Å². The van der Waals surface area contributed by atoms with E-state index in [4.69, 9.17) is 4.74 Å². The van der Waals surface area contributed by atoms with E-state index in [1.165, 1.54) is 6.33 Å². The maximum absolute atomic E-state index is 13.6. The Kier molecular flexibility index (Phi) is 4.32. The molecule has 2 heterocycles. The summed E-state index contributed by atoms with van der Waals surface area (Å²) in [6, 6.07) is 27.8. The first kappa shape index (κ1) is 18.1. The number of hydrogen-bond acceptors (Lipinski definition) is 4.